The summed E-state index contributed by atoms with van der Waals surface area (Å²) in [5, 5.41) is 5.82. The number of hydrogen-bond acceptors (Lipinski definition) is 5. The standard InChI is InChI=1S/C11H13N5/c1-12-10-14-9(15-11(13-2)16-10)8-6-4-3-5-7-8/h3-7H,1-2H3,(H2,12,13,14,15,16). The summed E-state index contributed by atoms with van der Waals surface area (Å²) in [4.78, 5) is 12.7. The Morgan fingerprint density at radius 1 is 0.812 bits per heavy atom. The van der Waals surface area contributed by atoms with Crippen LogP contribution in [0.1, 0.15) is 0 Å². The second kappa shape index (κ2) is 4.57. The molecule has 0 bridgehead atoms. The van der Waals surface area contributed by atoms with Crippen LogP contribution in [0.5, 0.6) is 0 Å². The Bertz CT molecular complexity index is 447. The molecule has 5 nitrogen and oxygen atoms in total. The van der Waals surface area contributed by atoms with Crippen molar-refractivity contribution < 1.29 is 0 Å². The van der Waals surface area contributed by atoms with Crippen LogP contribution in [0, 0.1) is 0 Å². The molecule has 0 aliphatic rings. The normalized spacial score (nSPS) is 9.88. The number of rotatable bonds is 3. The van der Waals surface area contributed by atoms with E-state index in [0.717, 1.165) is 5.56 Å². The van der Waals surface area contributed by atoms with Gasteiger partial charge in [-0.2, -0.15) is 15.0 Å². The van der Waals surface area contributed by atoms with Crippen LogP contribution in [0.15, 0.2) is 30.3 Å². The van der Waals surface area contributed by atoms with Crippen LogP contribution in [0.3, 0.4) is 0 Å². The lowest BCUT2D eigenvalue weighted by molar-refractivity contribution is 1.05. The van der Waals surface area contributed by atoms with Crippen molar-refractivity contribution in [2.45, 2.75) is 0 Å². The molecule has 0 unspecified atom stereocenters. The van der Waals surface area contributed by atoms with Crippen LogP contribution in [-0.2, 0) is 0 Å². The fraction of sp³-hybridized carbons (Fsp3) is 0.182. The number of anilines is 2. The number of nitrogens with zero attached hydrogens (tertiary/aromatic N) is 3. The lowest BCUT2D eigenvalue weighted by Gasteiger charge is -2.05. The molecular formula is C11H13N5. The highest BCUT2D eigenvalue weighted by Crippen LogP contribution is 2.16. The van der Waals surface area contributed by atoms with Crippen LogP contribution >= 0.6 is 0 Å². The summed E-state index contributed by atoms with van der Waals surface area (Å²) in [6.45, 7) is 0. The van der Waals surface area contributed by atoms with Crippen LogP contribution in [-0.4, -0.2) is 29.0 Å². The number of hydrogen-bond donors (Lipinski definition) is 2. The molecule has 0 saturated carbocycles. The number of benzene rings is 1. The van der Waals surface area contributed by atoms with Gasteiger partial charge in [-0.15, -0.1) is 0 Å². The smallest absolute Gasteiger partial charge is 0.227 e. The molecule has 0 aliphatic carbocycles. The van der Waals surface area contributed by atoms with Crippen molar-refractivity contribution >= 4 is 11.9 Å². The molecule has 0 saturated heterocycles. The van der Waals surface area contributed by atoms with E-state index in [1.807, 2.05) is 30.3 Å². The fourth-order valence-electron chi connectivity index (χ4n) is 1.32. The van der Waals surface area contributed by atoms with E-state index in [1.54, 1.807) is 14.1 Å². The van der Waals surface area contributed by atoms with Crippen LogP contribution in [0.2, 0.25) is 0 Å². The zero-order chi connectivity index (χ0) is 11.4. The van der Waals surface area contributed by atoms with Gasteiger partial charge in [-0.05, 0) is 0 Å². The quantitative estimate of drug-likeness (QED) is 0.814. The van der Waals surface area contributed by atoms with E-state index in [0.29, 0.717) is 17.7 Å². The molecule has 5 heteroatoms. The van der Waals surface area contributed by atoms with Gasteiger partial charge in [0.1, 0.15) is 0 Å². The van der Waals surface area contributed by atoms with Crippen LogP contribution < -0.4 is 10.6 Å². The molecule has 1 aromatic carbocycles. The maximum absolute atomic E-state index is 4.30. The third kappa shape index (κ3) is 2.08. The summed E-state index contributed by atoms with van der Waals surface area (Å²) >= 11 is 0. The average molecular weight is 215 g/mol. The number of nitrogens with one attached hydrogen (secondary N) is 2. The summed E-state index contributed by atoms with van der Waals surface area (Å²) in [6, 6.07) is 9.81. The Hall–Kier alpha value is -2.17. The van der Waals surface area contributed by atoms with Crippen molar-refractivity contribution in [3.05, 3.63) is 30.3 Å². The van der Waals surface area contributed by atoms with Crippen molar-refractivity contribution in [2.24, 2.45) is 0 Å². The number of aromatic nitrogens is 3. The minimum Gasteiger partial charge on any atom is -0.357 e. The van der Waals surface area contributed by atoms with E-state index in [2.05, 4.69) is 25.6 Å². The van der Waals surface area contributed by atoms with Gasteiger partial charge in [0.05, 0.1) is 0 Å². The molecule has 0 fully saturated rings. The zero-order valence-corrected chi connectivity index (χ0v) is 9.23. The summed E-state index contributed by atoms with van der Waals surface area (Å²) in [7, 11) is 3.56. The summed E-state index contributed by atoms with van der Waals surface area (Å²) in [5.74, 6) is 1.76. The first-order valence-electron chi connectivity index (χ1n) is 5.00. The highest BCUT2D eigenvalue weighted by Gasteiger charge is 2.05. The minimum atomic E-state index is 0.554. The molecule has 82 valence electrons. The van der Waals surface area contributed by atoms with Gasteiger partial charge in [0.15, 0.2) is 5.82 Å². The Morgan fingerprint density at radius 3 is 1.88 bits per heavy atom. The fourth-order valence-corrected chi connectivity index (χ4v) is 1.32. The Balaban J connectivity index is 2.48. The largest absolute Gasteiger partial charge is 0.357 e. The first kappa shape index (κ1) is 10.4. The predicted molar refractivity (Wildman–Crippen MR) is 64.4 cm³/mol. The van der Waals surface area contributed by atoms with Crippen molar-refractivity contribution in [3.63, 3.8) is 0 Å². The molecule has 0 amide bonds. The summed E-state index contributed by atoms with van der Waals surface area (Å²) in [5.41, 5.74) is 0.970. The second-order valence-corrected chi connectivity index (χ2v) is 3.17. The topological polar surface area (TPSA) is 62.7 Å². The first-order chi connectivity index (χ1) is 7.83. The molecular weight excluding hydrogens is 202 g/mol. The van der Waals surface area contributed by atoms with Gasteiger partial charge in [0.2, 0.25) is 11.9 Å². The molecule has 0 atom stereocenters. The SMILES string of the molecule is CNc1nc(NC)nc(-c2ccccc2)n1. The van der Waals surface area contributed by atoms with E-state index in [4.69, 9.17) is 0 Å². The van der Waals surface area contributed by atoms with Gasteiger partial charge in [0.25, 0.3) is 0 Å². The molecule has 0 spiro atoms. The Labute approximate surface area is 94.0 Å². The summed E-state index contributed by atoms with van der Waals surface area (Å²) in [6.07, 6.45) is 0. The van der Waals surface area contributed by atoms with Gasteiger partial charge < -0.3 is 10.6 Å². The second-order valence-electron chi connectivity index (χ2n) is 3.17. The Kier molecular flexibility index (Phi) is 2.95. The molecule has 0 aliphatic heterocycles. The first-order valence-corrected chi connectivity index (χ1v) is 5.00. The van der Waals surface area contributed by atoms with E-state index < -0.39 is 0 Å². The van der Waals surface area contributed by atoms with Crippen molar-refractivity contribution in [1.82, 2.24) is 15.0 Å². The van der Waals surface area contributed by atoms with Crippen molar-refractivity contribution in [2.75, 3.05) is 24.7 Å². The van der Waals surface area contributed by atoms with Gasteiger partial charge >= 0.3 is 0 Å². The zero-order valence-electron chi connectivity index (χ0n) is 9.23. The van der Waals surface area contributed by atoms with Gasteiger partial charge in [-0.1, -0.05) is 30.3 Å². The molecule has 0 radical (unpaired) electrons. The molecule has 1 heterocycles. The van der Waals surface area contributed by atoms with Crippen LogP contribution in [0.25, 0.3) is 11.4 Å². The predicted octanol–water partition coefficient (Wildman–Crippen LogP) is 1.62. The van der Waals surface area contributed by atoms with Gasteiger partial charge in [0, 0.05) is 19.7 Å². The maximum atomic E-state index is 4.30. The monoisotopic (exact) mass is 215 g/mol. The highest BCUT2D eigenvalue weighted by atomic mass is 15.2. The highest BCUT2D eigenvalue weighted by molar-refractivity contribution is 5.57. The van der Waals surface area contributed by atoms with E-state index in [1.165, 1.54) is 0 Å². The average Bonchev–Trinajstić information content (AvgIpc) is 2.39. The third-order valence-electron chi connectivity index (χ3n) is 2.11. The lowest BCUT2D eigenvalue weighted by atomic mass is 10.2. The van der Waals surface area contributed by atoms with Gasteiger partial charge in [-0.25, -0.2) is 0 Å². The minimum absolute atomic E-state index is 0.554. The van der Waals surface area contributed by atoms with Crippen LogP contribution in [0.4, 0.5) is 11.9 Å². The van der Waals surface area contributed by atoms with Gasteiger partial charge in [-0.3, -0.25) is 0 Å². The van der Waals surface area contributed by atoms with E-state index in [9.17, 15) is 0 Å². The van der Waals surface area contributed by atoms with Crippen molar-refractivity contribution in [3.8, 4) is 11.4 Å². The third-order valence-corrected chi connectivity index (χ3v) is 2.11. The maximum Gasteiger partial charge on any atom is 0.227 e. The molecule has 2 aromatic rings. The van der Waals surface area contributed by atoms with E-state index in [-0.39, 0.29) is 0 Å². The molecule has 1 aromatic heterocycles. The van der Waals surface area contributed by atoms with E-state index >= 15 is 0 Å². The molecule has 2 rings (SSSR count). The Morgan fingerprint density at radius 2 is 1.38 bits per heavy atom. The van der Waals surface area contributed by atoms with Crippen molar-refractivity contribution in [1.29, 1.82) is 0 Å². The molecule has 16 heavy (non-hydrogen) atoms. The lowest BCUT2D eigenvalue weighted by Crippen LogP contribution is -2.04. The molecule has 2 N–H and O–H groups in total. The summed E-state index contributed by atoms with van der Waals surface area (Å²) < 4.78 is 0.